The molecule has 0 radical (unpaired) electrons. The van der Waals surface area contributed by atoms with Gasteiger partial charge in [-0.1, -0.05) is 212 Å². The lowest BCUT2D eigenvalue weighted by atomic mass is 10.0. The van der Waals surface area contributed by atoms with Crippen molar-refractivity contribution >= 4 is 121 Å². The van der Waals surface area contributed by atoms with E-state index in [-0.39, 0.29) is 97.1 Å². The molecule has 0 saturated heterocycles. The topological polar surface area (TPSA) is 330 Å². The van der Waals surface area contributed by atoms with Gasteiger partial charge in [-0.05, 0) is 95.4 Å². The first kappa shape index (κ1) is 95.9. The van der Waals surface area contributed by atoms with Gasteiger partial charge in [-0.25, -0.2) is 17.9 Å². The summed E-state index contributed by atoms with van der Waals surface area (Å²) in [5.41, 5.74) is 18.6. The van der Waals surface area contributed by atoms with E-state index in [4.69, 9.17) is 40.3 Å². The minimum absolute atomic E-state index is 0.00399. The van der Waals surface area contributed by atoms with Gasteiger partial charge in [0.1, 0.15) is 34.5 Å². The highest BCUT2D eigenvalue weighted by atomic mass is 32.2. The first-order valence-corrected chi connectivity index (χ1v) is 44.1. The van der Waals surface area contributed by atoms with Crippen LogP contribution in [-0.4, -0.2) is 137 Å². The Hall–Kier alpha value is -10.9. The number of primary amides is 2. The number of nitrogens with one attached hydrogen (secondary N) is 2. The smallest absolute Gasteiger partial charge is 0.313 e. The summed E-state index contributed by atoms with van der Waals surface area (Å²) in [5, 5.41) is 10.8. The summed E-state index contributed by atoms with van der Waals surface area (Å²) in [6.45, 7) is 1.57. The Morgan fingerprint density at radius 1 is 0.331 bits per heavy atom. The third-order valence-corrected chi connectivity index (χ3v) is 24.3. The van der Waals surface area contributed by atoms with E-state index in [2.05, 4.69) is 10.0 Å². The lowest BCUT2D eigenvalue weighted by Gasteiger charge is -2.17. The summed E-state index contributed by atoms with van der Waals surface area (Å²) in [5.74, 6) is 3.88. The second-order valence-electron chi connectivity index (χ2n) is 25.9. The number of sulfonamides is 1. The number of carbonyl (C=O) groups is 9. The molecule has 27 heteroatoms. The second kappa shape index (κ2) is 52.7. The molecule has 0 spiro atoms. The summed E-state index contributed by atoms with van der Waals surface area (Å²) >= 11 is 7.00. The van der Waals surface area contributed by atoms with Crippen molar-refractivity contribution in [3.63, 3.8) is 0 Å². The highest BCUT2D eigenvalue weighted by Gasteiger charge is 2.25. The van der Waals surface area contributed by atoms with Crippen LogP contribution >= 0.6 is 58.8 Å². The van der Waals surface area contributed by atoms with E-state index >= 15 is 0 Å². The molecule has 10 rings (SSSR count). The SMILES string of the molecule is COc1ccc(C(CC(=O)c2ccccc2)SCC(=O)O)cc1.COc1ccc(C(CC(=O)c2ccccc2)SCC(C)=O)cc1.COc1ccc(C(CC(=O)c2ccccc2)SCC(N)=O)cc1.COc1ccc(C(CC(=O)c2ccccc2)SCNC(N)=O)cc1.COc1ccc(C(CC(=O)c2ccccc2)SCNS(C)(=O)=O)cc1. The van der Waals surface area contributed by atoms with Gasteiger partial charge in [0.25, 0.3) is 0 Å². The van der Waals surface area contributed by atoms with E-state index in [9.17, 15) is 51.6 Å². The molecule has 0 aliphatic rings. The van der Waals surface area contributed by atoms with Gasteiger partial charge in [-0.15, -0.1) is 58.8 Å². The molecule has 5 atom stereocenters. The van der Waals surface area contributed by atoms with Crippen LogP contribution in [0.4, 0.5) is 4.79 Å². The Morgan fingerprint density at radius 2 is 0.551 bits per heavy atom. The number of ether oxygens (including phenoxy) is 5. The third-order valence-electron chi connectivity index (χ3n) is 17.2. The average molecular weight is 1710 g/mol. The molecule has 0 heterocycles. The molecule has 118 heavy (non-hydrogen) atoms. The van der Waals surface area contributed by atoms with Crippen molar-refractivity contribution in [2.24, 2.45) is 11.5 Å². The molecule has 0 aliphatic carbocycles. The number of aliphatic carboxylic acids is 1. The molecular formula is C91H98N4O17S6. The zero-order chi connectivity index (χ0) is 85.6. The Morgan fingerprint density at radius 3 is 0.754 bits per heavy atom. The molecule has 0 saturated carbocycles. The van der Waals surface area contributed by atoms with E-state index in [0.29, 0.717) is 58.7 Å². The minimum Gasteiger partial charge on any atom is -0.497 e. The number of hydrogen-bond acceptors (Lipinski definition) is 21. The van der Waals surface area contributed by atoms with Crippen LogP contribution in [0.1, 0.15) is 145 Å². The molecule has 7 N–H and O–H groups in total. The van der Waals surface area contributed by atoms with Crippen molar-refractivity contribution in [3.05, 3.63) is 329 Å². The number of rotatable bonds is 41. The third kappa shape index (κ3) is 36.3. The number of thioether (sulfide) groups is 5. The molecule has 21 nitrogen and oxygen atoms in total. The van der Waals surface area contributed by atoms with Crippen LogP contribution < -0.4 is 45.2 Å². The summed E-state index contributed by atoms with van der Waals surface area (Å²) < 4.78 is 50.8. The summed E-state index contributed by atoms with van der Waals surface area (Å²) in [4.78, 5) is 106. The molecule has 0 bridgehead atoms. The number of methoxy groups -OCH3 is 5. The number of Topliss-reactive ketones (excluding diaryl/α,β-unsaturated/α-hetero) is 6. The zero-order valence-corrected chi connectivity index (χ0v) is 71.4. The van der Waals surface area contributed by atoms with Crippen LogP contribution in [-0.2, 0) is 24.4 Å². The predicted molar refractivity (Wildman–Crippen MR) is 476 cm³/mol. The van der Waals surface area contributed by atoms with Crippen LogP contribution in [0.2, 0.25) is 0 Å². The van der Waals surface area contributed by atoms with Gasteiger partial charge >= 0.3 is 12.0 Å². The quantitative estimate of drug-likeness (QED) is 0.0175. The fourth-order valence-corrected chi connectivity index (χ4v) is 17.0. The Bertz CT molecular complexity index is 4570. The van der Waals surface area contributed by atoms with Gasteiger partial charge in [0.05, 0.1) is 70.8 Å². The molecule has 5 unspecified atom stereocenters. The average Bonchev–Trinajstić information content (AvgIpc) is 0.874. The van der Waals surface area contributed by atoms with Crippen LogP contribution in [0.15, 0.2) is 273 Å². The zero-order valence-electron chi connectivity index (χ0n) is 66.5. The monoisotopic (exact) mass is 1710 g/mol. The van der Waals surface area contributed by atoms with Crippen LogP contribution in [0, 0.1) is 0 Å². The first-order chi connectivity index (χ1) is 56.8. The Labute approximate surface area is 711 Å². The standard InChI is InChI=1S/C19H20O3S.C18H20N2O3S.C18H21NO4S2.C18H19NO3S.C18H18O4S/c1-14(20)13-23-19(16-8-10-17(22-2)11-9-16)12-18(21)15-6-4-3-5-7-15;1-23-15-9-7-14(8-10-15)17(24-12-20-18(19)22)11-16(21)13-5-3-2-4-6-13;1-23-16-10-8-15(9-11-16)18(24-13-19-25(2,21)22)12-17(20)14-6-4-3-5-7-14;1-22-15-9-7-14(8-10-15)17(23-12-18(19)21)11-16(20)13-5-3-2-4-6-13;1-22-15-9-7-14(8-10-15)17(23-12-18(20)21)11-16(19)13-5-3-2-4-6-13/h3-11,19H,12-13H2,1-2H3;2-10,17H,11-12H2,1H3,(H3,19,20,22);3-11,18-19H,12-13H2,1-2H3;2-10,17H,11-12H2,1H3,(H2,19,21);2-10,17H,11-12H2,1H3,(H,20,21). The first-order valence-electron chi connectivity index (χ1n) is 36.9. The van der Waals surface area contributed by atoms with Gasteiger partial charge in [0.2, 0.25) is 15.9 Å². The van der Waals surface area contributed by atoms with E-state index in [0.717, 1.165) is 62.8 Å². The highest BCUT2D eigenvalue weighted by molar-refractivity contribution is 8.01. The van der Waals surface area contributed by atoms with Crippen molar-refractivity contribution in [1.29, 1.82) is 0 Å². The lowest BCUT2D eigenvalue weighted by molar-refractivity contribution is -0.134. The summed E-state index contributed by atoms with van der Waals surface area (Å²) in [6, 6.07) is 82.7. The maximum absolute atomic E-state index is 12.5. The summed E-state index contributed by atoms with van der Waals surface area (Å²) in [6.07, 6.45) is 2.68. The van der Waals surface area contributed by atoms with E-state index < -0.39 is 22.0 Å². The number of amides is 3. The van der Waals surface area contributed by atoms with E-state index in [1.807, 2.05) is 224 Å². The van der Waals surface area contributed by atoms with Crippen LogP contribution in [0.5, 0.6) is 28.7 Å². The molecule has 0 aromatic heterocycles. The Balaban J connectivity index is 0.000000229. The number of carboxylic acids is 1. The van der Waals surface area contributed by atoms with Crippen molar-refractivity contribution in [1.82, 2.24) is 10.0 Å². The van der Waals surface area contributed by atoms with Gasteiger partial charge in [0.15, 0.2) is 28.9 Å². The van der Waals surface area contributed by atoms with Gasteiger partial charge in [0, 0.05) is 86.2 Å². The molecule has 620 valence electrons. The molecule has 10 aromatic rings. The van der Waals surface area contributed by atoms with Crippen molar-refractivity contribution < 1.29 is 80.4 Å². The van der Waals surface area contributed by atoms with Crippen LogP contribution in [0.3, 0.4) is 0 Å². The number of carboxylic acid groups (broad SMARTS) is 1. The fourth-order valence-electron chi connectivity index (χ4n) is 11.0. The fraction of sp³-hybridized carbons (Fsp3) is 0.242. The number of carbonyl (C=O) groups excluding carboxylic acids is 8. The second-order valence-corrected chi connectivity index (χ2v) is 33.6. The number of hydrogen-bond donors (Lipinski definition) is 5. The van der Waals surface area contributed by atoms with Gasteiger partial charge in [-0.2, -0.15) is 0 Å². The van der Waals surface area contributed by atoms with Crippen molar-refractivity contribution in [2.75, 3.05) is 70.8 Å². The number of ketones is 6. The minimum atomic E-state index is -3.27. The maximum Gasteiger partial charge on any atom is 0.313 e. The van der Waals surface area contributed by atoms with Crippen molar-refractivity contribution in [2.45, 2.75) is 65.3 Å². The van der Waals surface area contributed by atoms with Gasteiger partial charge in [-0.3, -0.25) is 38.4 Å². The summed E-state index contributed by atoms with van der Waals surface area (Å²) in [7, 11) is 4.75. The normalized spacial score (nSPS) is 11.9. The van der Waals surface area contributed by atoms with Crippen LogP contribution in [0.25, 0.3) is 0 Å². The number of urea groups is 1. The molecule has 3 amide bonds. The number of nitrogens with two attached hydrogens (primary N) is 2. The molecule has 0 fully saturated rings. The molecular weight excluding hydrogens is 1610 g/mol. The van der Waals surface area contributed by atoms with Crippen molar-refractivity contribution in [3.8, 4) is 28.7 Å². The Kier molecular flexibility index (Phi) is 42.9. The maximum atomic E-state index is 12.5. The lowest BCUT2D eigenvalue weighted by Crippen LogP contribution is -2.29. The highest BCUT2D eigenvalue weighted by Crippen LogP contribution is 2.39. The van der Waals surface area contributed by atoms with Gasteiger partial charge < -0.3 is 45.6 Å². The van der Waals surface area contributed by atoms with E-state index in [1.54, 1.807) is 91.0 Å². The van der Waals surface area contributed by atoms with E-state index in [1.165, 1.54) is 58.8 Å². The largest absolute Gasteiger partial charge is 0.497 e. The molecule has 10 aromatic carbocycles. The number of benzene rings is 10. The molecule has 0 aliphatic heterocycles. The predicted octanol–water partition coefficient (Wildman–Crippen LogP) is 18.0.